The maximum Gasteiger partial charge on any atom is 0.191 e. The van der Waals surface area contributed by atoms with E-state index in [1.807, 2.05) is 66.7 Å². The van der Waals surface area contributed by atoms with Gasteiger partial charge in [-0.2, -0.15) is 0 Å². The second-order valence-electron chi connectivity index (χ2n) is 6.64. The van der Waals surface area contributed by atoms with Crippen molar-refractivity contribution >= 4 is 22.4 Å². The Kier molecular flexibility index (Phi) is 4.73. The standard InChI is InChI=1S/C23H21N3O/c24-20(14-16-6-2-1-3-7-16)17-10-12-18(13-11-17)25-23-15-22(27)19-8-4-5-9-21(19)26-23/h1-13,15,20H,14,24H2,(H2,25,26,27). The van der Waals surface area contributed by atoms with E-state index in [9.17, 15) is 4.79 Å². The van der Waals surface area contributed by atoms with Crippen molar-refractivity contribution in [3.8, 4) is 0 Å². The van der Waals surface area contributed by atoms with Crippen LogP contribution in [-0.2, 0) is 6.42 Å². The van der Waals surface area contributed by atoms with E-state index < -0.39 is 0 Å². The molecule has 0 radical (unpaired) electrons. The van der Waals surface area contributed by atoms with Crippen LogP contribution in [-0.4, -0.2) is 4.98 Å². The van der Waals surface area contributed by atoms with Crippen molar-refractivity contribution in [2.24, 2.45) is 5.73 Å². The maximum atomic E-state index is 12.2. The minimum Gasteiger partial charge on any atom is -0.342 e. The van der Waals surface area contributed by atoms with Gasteiger partial charge >= 0.3 is 0 Å². The lowest BCUT2D eigenvalue weighted by molar-refractivity contribution is 0.722. The number of rotatable bonds is 5. The molecule has 0 saturated carbocycles. The third-order valence-corrected chi connectivity index (χ3v) is 4.65. The molecule has 3 aromatic carbocycles. The molecule has 0 bridgehead atoms. The van der Waals surface area contributed by atoms with Crippen molar-refractivity contribution in [1.82, 2.24) is 4.98 Å². The smallest absolute Gasteiger partial charge is 0.191 e. The topological polar surface area (TPSA) is 70.9 Å². The molecule has 0 aliphatic heterocycles. The van der Waals surface area contributed by atoms with Gasteiger partial charge in [0.1, 0.15) is 5.82 Å². The summed E-state index contributed by atoms with van der Waals surface area (Å²) < 4.78 is 0. The van der Waals surface area contributed by atoms with Gasteiger partial charge in [0.15, 0.2) is 5.43 Å². The van der Waals surface area contributed by atoms with Crippen molar-refractivity contribution < 1.29 is 0 Å². The van der Waals surface area contributed by atoms with Crippen molar-refractivity contribution in [2.45, 2.75) is 12.5 Å². The molecule has 0 fully saturated rings. The molecule has 0 aliphatic rings. The third-order valence-electron chi connectivity index (χ3n) is 4.65. The minimum absolute atomic E-state index is 0.00615. The van der Waals surface area contributed by atoms with Gasteiger partial charge in [0.2, 0.25) is 0 Å². The molecule has 0 amide bonds. The van der Waals surface area contributed by atoms with E-state index in [1.165, 1.54) is 5.56 Å². The molecule has 4 aromatic rings. The maximum absolute atomic E-state index is 12.2. The number of aromatic amines is 1. The van der Waals surface area contributed by atoms with Gasteiger partial charge in [0.25, 0.3) is 0 Å². The summed E-state index contributed by atoms with van der Waals surface area (Å²) >= 11 is 0. The molecule has 1 atom stereocenters. The molecule has 4 nitrogen and oxygen atoms in total. The Bertz CT molecular complexity index is 1100. The van der Waals surface area contributed by atoms with Crippen LogP contribution in [0, 0.1) is 0 Å². The van der Waals surface area contributed by atoms with Gasteiger partial charge in [-0.15, -0.1) is 0 Å². The Labute approximate surface area is 157 Å². The number of H-pyrrole nitrogens is 1. The number of aromatic nitrogens is 1. The second-order valence-corrected chi connectivity index (χ2v) is 6.64. The van der Waals surface area contributed by atoms with Gasteiger partial charge < -0.3 is 16.0 Å². The molecule has 1 unspecified atom stereocenters. The summed E-state index contributed by atoms with van der Waals surface area (Å²) in [6.45, 7) is 0. The first-order valence-corrected chi connectivity index (χ1v) is 8.97. The molecule has 4 heteroatoms. The lowest BCUT2D eigenvalue weighted by Gasteiger charge is -2.14. The van der Waals surface area contributed by atoms with Crippen LogP contribution in [0.2, 0.25) is 0 Å². The van der Waals surface area contributed by atoms with Gasteiger partial charge in [-0.3, -0.25) is 4.79 Å². The highest BCUT2D eigenvalue weighted by molar-refractivity contribution is 5.80. The van der Waals surface area contributed by atoms with Crippen molar-refractivity contribution in [3.05, 3.63) is 106 Å². The number of hydrogen-bond donors (Lipinski definition) is 3. The Morgan fingerprint density at radius 1 is 0.889 bits per heavy atom. The van der Waals surface area contributed by atoms with E-state index in [-0.39, 0.29) is 11.5 Å². The van der Waals surface area contributed by atoms with Gasteiger partial charge in [0, 0.05) is 23.2 Å². The number of pyridine rings is 1. The van der Waals surface area contributed by atoms with Gasteiger partial charge in [0.05, 0.1) is 5.52 Å². The fourth-order valence-electron chi connectivity index (χ4n) is 3.22. The predicted octanol–water partition coefficient (Wildman–Crippen LogP) is 4.51. The third kappa shape index (κ3) is 3.91. The Morgan fingerprint density at radius 3 is 2.37 bits per heavy atom. The second kappa shape index (κ2) is 7.48. The monoisotopic (exact) mass is 355 g/mol. The fourth-order valence-corrected chi connectivity index (χ4v) is 3.22. The summed E-state index contributed by atoms with van der Waals surface area (Å²) in [6.07, 6.45) is 0.797. The Hall–Kier alpha value is -3.37. The van der Waals surface area contributed by atoms with Crippen LogP contribution >= 0.6 is 0 Å². The highest BCUT2D eigenvalue weighted by atomic mass is 16.1. The van der Waals surface area contributed by atoms with Gasteiger partial charge in [-0.25, -0.2) is 0 Å². The first-order chi connectivity index (χ1) is 13.2. The molecule has 0 saturated heterocycles. The molecular weight excluding hydrogens is 334 g/mol. The number of fused-ring (bicyclic) bond motifs is 1. The van der Waals surface area contributed by atoms with Gasteiger partial charge in [-0.1, -0.05) is 54.6 Å². The number of para-hydroxylation sites is 1. The first-order valence-electron chi connectivity index (χ1n) is 8.97. The zero-order valence-corrected chi connectivity index (χ0v) is 14.9. The Morgan fingerprint density at radius 2 is 1.59 bits per heavy atom. The van der Waals surface area contributed by atoms with E-state index in [0.717, 1.165) is 23.2 Å². The predicted molar refractivity (Wildman–Crippen MR) is 111 cm³/mol. The highest BCUT2D eigenvalue weighted by Crippen LogP contribution is 2.21. The van der Waals surface area contributed by atoms with Gasteiger partial charge in [-0.05, 0) is 41.8 Å². The van der Waals surface area contributed by atoms with Crippen LogP contribution in [0.1, 0.15) is 17.2 Å². The lowest BCUT2D eigenvalue weighted by atomic mass is 9.99. The highest BCUT2D eigenvalue weighted by Gasteiger charge is 2.07. The molecule has 1 aromatic heterocycles. The largest absolute Gasteiger partial charge is 0.342 e. The number of hydrogen-bond acceptors (Lipinski definition) is 3. The molecule has 0 spiro atoms. The number of anilines is 2. The summed E-state index contributed by atoms with van der Waals surface area (Å²) in [6, 6.07) is 27.3. The van der Waals surface area contributed by atoms with Crippen molar-refractivity contribution in [2.75, 3.05) is 5.32 Å². The molecule has 134 valence electrons. The van der Waals surface area contributed by atoms with Crippen molar-refractivity contribution in [3.63, 3.8) is 0 Å². The summed E-state index contributed by atoms with van der Waals surface area (Å²) in [7, 11) is 0. The average Bonchev–Trinajstić information content (AvgIpc) is 2.69. The van der Waals surface area contributed by atoms with E-state index in [4.69, 9.17) is 5.73 Å². The number of nitrogens with one attached hydrogen (secondary N) is 2. The van der Waals surface area contributed by atoms with Crippen LogP contribution in [0.25, 0.3) is 10.9 Å². The lowest BCUT2D eigenvalue weighted by Crippen LogP contribution is -2.13. The zero-order valence-electron chi connectivity index (χ0n) is 14.9. The summed E-state index contributed by atoms with van der Waals surface area (Å²) in [5.74, 6) is 0.667. The fraction of sp³-hybridized carbons (Fsp3) is 0.0870. The molecule has 0 aliphatic carbocycles. The van der Waals surface area contributed by atoms with E-state index >= 15 is 0 Å². The molecule has 1 heterocycles. The summed E-state index contributed by atoms with van der Waals surface area (Å²) in [5, 5.41) is 3.94. The normalized spacial score (nSPS) is 12.0. The van der Waals surface area contributed by atoms with E-state index in [2.05, 4.69) is 22.4 Å². The van der Waals surface area contributed by atoms with Crippen LogP contribution < -0.4 is 16.5 Å². The number of benzene rings is 3. The van der Waals surface area contributed by atoms with Crippen LogP contribution in [0.5, 0.6) is 0 Å². The molecule has 4 rings (SSSR count). The minimum atomic E-state index is -0.0538. The van der Waals surface area contributed by atoms with E-state index in [1.54, 1.807) is 6.07 Å². The first kappa shape index (κ1) is 17.1. The van der Waals surface area contributed by atoms with Crippen LogP contribution in [0.4, 0.5) is 11.5 Å². The quantitative estimate of drug-likeness (QED) is 0.493. The molecule has 27 heavy (non-hydrogen) atoms. The summed E-state index contributed by atoms with van der Waals surface area (Å²) in [4.78, 5) is 15.5. The summed E-state index contributed by atoms with van der Waals surface area (Å²) in [5.41, 5.74) is 10.4. The van der Waals surface area contributed by atoms with Crippen LogP contribution in [0.15, 0.2) is 89.7 Å². The number of nitrogens with two attached hydrogens (primary N) is 1. The zero-order chi connectivity index (χ0) is 18.6. The molecule has 4 N–H and O–H groups in total. The van der Waals surface area contributed by atoms with Crippen molar-refractivity contribution in [1.29, 1.82) is 0 Å². The average molecular weight is 355 g/mol. The van der Waals surface area contributed by atoms with E-state index in [0.29, 0.717) is 11.2 Å². The molecular formula is C23H21N3O. The Balaban J connectivity index is 1.50. The van der Waals surface area contributed by atoms with Crippen LogP contribution in [0.3, 0.4) is 0 Å². The SMILES string of the molecule is NC(Cc1ccccc1)c1ccc(Nc2cc(=O)c3ccccc3[nH]2)cc1.